The highest BCUT2D eigenvalue weighted by Gasteiger charge is 2.27. The van der Waals surface area contributed by atoms with Crippen molar-refractivity contribution in [3.63, 3.8) is 0 Å². The number of methoxy groups -OCH3 is 2. The molecular weight excluding hydrogens is 392 g/mol. The largest absolute Gasteiger partial charge is 0.497 e. The molecule has 0 aliphatic carbocycles. The van der Waals surface area contributed by atoms with Crippen LogP contribution in [-0.2, 0) is 10.0 Å². The van der Waals surface area contributed by atoms with E-state index in [1.807, 2.05) is 13.0 Å². The fourth-order valence-corrected chi connectivity index (χ4v) is 4.91. The summed E-state index contributed by atoms with van der Waals surface area (Å²) in [5.74, 6) is 1.01. The Labute approximate surface area is 171 Å². The minimum absolute atomic E-state index is 0.207. The summed E-state index contributed by atoms with van der Waals surface area (Å²) in [6, 6.07) is 11.1. The van der Waals surface area contributed by atoms with Crippen LogP contribution in [0.5, 0.6) is 11.5 Å². The Hall–Kier alpha value is -2.58. The van der Waals surface area contributed by atoms with E-state index in [-0.39, 0.29) is 16.8 Å². The first kappa shape index (κ1) is 21.1. The van der Waals surface area contributed by atoms with Gasteiger partial charge in [0.15, 0.2) is 0 Å². The van der Waals surface area contributed by atoms with E-state index in [1.165, 1.54) is 28.6 Å². The first-order chi connectivity index (χ1) is 13.9. The molecule has 0 unspecified atom stereocenters. The number of nitrogens with zero attached hydrogens (tertiary/aromatic N) is 1. The molecule has 2 aromatic rings. The molecule has 1 fully saturated rings. The average Bonchev–Trinajstić information content (AvgIpc) is 3.29. The van der Waals surface area contributed by atoms with Crippen LogP contribution >= 0.6 is 0 Å². The van der Waals surface area contributed by atoms with Gasteiger partial charge in [-0.05, 0) is 62.2 Å². The topological polar surface area (TPSA) is 84.9 Å². The zero-order valence-electron chi connectivity index (χ0n) is 16.8. The van der Waals surface area contributed by atoms with Gasteiger partial charge in [0.1, 0.15) is 11.5 Å². The Morgan fingerprint density at radius 3 is 2.28 bits per heavy atom. The molecular formula is C21H26N2O5S. The predicted octanol–water partition coefficient (Wildman–Crippen LogP) is 2.98. The Morgan fingerprint density at radius 1 is 1.03 bits per heavy atom. The van der Waals surface area contributed by atoms with Gasteiger partial charge < -0.3 is 14.8 Å². The highest BCUT2D eigenvalue weighted by atomic mass is 32.2. The zero-order valence-corrected chi connectivity index (χ0v) is 17.7. The number of ether oxygens (including phenoxy) is 2. The molecule has 3 rings (SSSR count). The number of nitrogens with one attached hydrogen (secondary N) is 1. The lowest BCUT2D eigenvalue weighted by Crippen LogP contribution is -2.28. The lowest BCUT2D eigenvalue weighted by atomic mass is 10.1. The van der Waals surface area contributed by atoms with Crippen molar-refractivity contribution in [1.82, 2.24) is 9.62 Å². The highest BCUT2D eigenvalue weighted by molar-refractivity contribution is 7.89. The Balaban J connectivity index is 1.74. The third-order valence-electron chi connectivity index (χ3n) is 5.07. The molecule has 8 heteroatoms. The van der Waals surface area contributed by atoms with E-state index in [1.54, 1.807) is 26.4 Å². The van der Waals surface area contributed by atoms with Crippen molar-refractivity contribution in [2.45, 2.75) is 30.7 Å². The smallest absolute Gasteiger partial charge is 0.251 e. The van der Waals surface area contributed by atoms with Crippen LogP contribution in [0.25, 0.3) is 0 Å². The number of amides is 1. The second-order valence-electron chi connectivity index (χ2n) is 6.94. The van der Waals surface area contributed by atoms with E-state index >= 15 is 0 Å². The van der Waals surface area contributed by atoms with Crippen molar-refractivity contribution in [2.75, 3.05) is 27.3 Å². The van der Waals surface area contributed by atoms with E-state index < -0.39 is 10.0 Å². The van der Waals surface area contributed by atoms with Gasteiger partial charge in [-0.15, -0.1) is 0 Å². The van der Waals surface area contributed by atoms with Crippen molar-refractivity contribution in [1.29, 1.82) is 0 Å². The molecule has 1 saturated heterocycles. The van der Waals surface area contributed by atoms with Crippen LogP contribution in [0, 0.1) is 0 Å². The summed E-state index contributed by atoms with van der Waals surface area (Å²) in [7, 11) is -0.348. The molecule has 0 radical (unpaired) electrons. The van der Waals surface area contributed by atoms with Crippen LogP contribution in [0.4, 0.5) is 0 Å². The standard InChI is InChI=1S/C21H26N2O5S/c1-15(19-14-17(27-2)8-11-20(19)28-3)22-21(24)16-6-9-18(10-7-16)29(25,26)23-12-4-5-13-23/h6-11,14-15H,4-5,12-13H2,1-3H3,(H,22,24)/t15-/m0/s1. The van der Waals surface area contributed by atoms with Gasteiger partial charge in [0, 0.05) is 24.2 Å². The molecule has 2 aromatic carbocycles. The minimum Gasteiger partial charge on any atom is -0.497 e. The molecule has 156 valence electrons. The van der Waals surface area contributed by atoms with Crippen molar-refractivity contribution < 1.29 is 22.7 Å². The molecule has 0 saturated carbocycles. The number of rotatable bonds is 7. The Morgan fingerprint density at radius 2 is 1.69 bits per heavy atom. The monoisotopic (exact) mass is 418 g/mol. The molecule has 1 aliphatic rings. The van der Waals surface area contributed by atoms with Crippen molar-refractivity contribution in [3.05, 3.63) is 53.6 Å². The first-order valence-electron chi connectivity index (χ1n) is 9.50. The number of carbonyl (C=O) groups is 1. The van der Waals surface area contributed by atoms with Crippen molar-refractivity contribution >= 4 is 15.9 Å². The quantitative estimate of drug-likeness (QED) is 0.747. The normalized spacial score (nSPS) is 15.7. The summed E-state index contributed by atoms with van der Waals surface area (Å²) in [5.41, 5.74) is 1.17. The number of hydrogen-bond donors (Lipinski definition) is 1. The third kappa shape index (κ3) is 4.54. The summed E-state index contributed by atoms with van der Waals surface area (Å²) < 4.78 is 37.3. The molecule has 7 nitrogen and oxygen atoms in total. The van der Waals surface area contributed by atoms with Gasteiger partial charge in [-0.2, -0.15) is 4.31 Å². The molecule has 1 amide bonds. The molecule has 0 aromatic heterocycles. The molecule has 1 aliphatic heterocycles. The van der Waals surface area contributed by atoms with Gasteiger partial charge in [-0.1, -0.05) is 0 Å². The summed E-state index contributed by atoms with van der Waals surface area (Å²) in [4.78, 5) is 12.9. The summed E-state index contributed by atoms with van der Waals surface area (Å²) in [6.07, 6.45) is 1.76. The second kappa shape index (κ2) is 8.84. The van der Waals surface area contributed by atoms with Gasteiger partial charge in [0.25, 0.3) is 5.91 Å². The lowest BCUT2D eigenvalue weighted by Gasteiger charge is -2.19. The maximum absolute atomic E-state index is 12.7. The molecule has 29 heavy (non-hydrogen) atoms. The Bertz CT molecular complexity index is 967. The average molecular weight is 419 g/mol. The van der Waals surface area contributed by atoms with Crippen LogP contribution in [0.1, 0.15) is 41.7 Å². The van der Waals surface area contributed by atoms with Crippen LogP contribution in [-0.4, -0.2) is 45.9 Å². The molecule has 1 atom stereocenters. The summed E-state index contributed by atoms with van der Waals surface area (Å²) in [6.45, 7) is 2.94. The molecule has 1 heterocycles. The zero-order chi connectivity index (χ0) is 21.0. The Kier molecular flexibility index (Phi) is 6.44. The second-order valence-corrected chi connectivity index (χ2v) is 8.88. The lowest BCUT2D eigenvalue weighted by molar-refractivity contribution is 0.0939. The van der Waals surface area contributed by atoms with Gasteiger partial charge in [0.05, 0.1) is 25.2 Å². The van der Waals surface area contributed by atoms with Crippen LogP contribution in [0.2, 0.25) is 0 Å². The molecule has 1 N–H and O–H groups in total. The predicted molar refractivity (Wildman–Crippen MR) is 110 cm³/mol. The van der Waals surface area contributed by atoms with Gasteiger partial charge in [-0.25, -0.2) is 8.42 Å². The van der Waals surface area contributed by atoms with E-state index in [9.17, 15) is 13.2 Å². The maximum Gasteiger partial charge on any atom is 0.251 e. The highest BCUT2D eigenvalue weighted by Crippen LogP contribution is 2.29. The minimum atomic E-state index is -3.49. The summed E-state index contributed by atoms with van der Waals surface area (Å²) >= 11 is 0. The van der Waals surface area contributed by atoms with E-state index in [0.717, 1.165) is 18.4 Å². The molecule has 0 bridgehead atoms. The number of benzene rings is 2. The van der Waals surface area contributed by atoms with Crippen molar-refractivity contribution in [3.8, 4) is 11.5 Å². The number of carbonyl (C=O) groups excluding carboxylic acids is 1. The maximum atomic E-state index is 12.7. The fraction of sp³-hybridized carbons (Fsp3) is 0.381. The van der Waals surface area contributed by atoms with E-state index in [2.05, 4.69) is 5.32 Å². The summed E-state index contributed by atoms with van der Waals surface area (Å²) in [5, 5.41) is 2.92. The van der Waals surface area contributed by atoms with Gasteiger partial charge >= 0.3 is 0 Å². The third-order valence-corrected chi connectivity index (χ3v) is 6.98. The van der Waals surface area contributed by atoms with E-state index in [4.69, 9.17) is 9.47 Å². The van der Waals surface area contributed by atoms with Crippen LogP contribution in [0.15, 0.2) is 47.4 Å². The SMILES string of the molecule is COc1ccc(OC)c([C@H](C)NC(=O)c2ccc(S(=O)(=O)N3CCCC3)cc2)c1. The van der Waals surface area contributed by atoms with E-state index in [0.29, 0.717) is 30.2 Å². The van der Waals surface area contributed by atoms with Crippen molar-refractivity contribution in [2.24, 2.45) is 0 Å². The number of sulfonamides is 1. The molecule has 0 spiro atoms. The fourth-order valence-electron chi connectivity index (χ4n) is 3.39. The van der Waals surface area contributed by atoms with Crippen LogP contribution in [0.3, 0.4) is 0 Å². The number of hydrogen-bond acceptors (Lipinski definition) is 5. The van der Waals surface area contributed by atoms with Crippen LogP contribution < -0.4 is 14.8 Å². The van der Waals surface area contributed by atoms with Gasteiger partial charge in [-0.3, -0.25) is 4.79 Å². The van der Waals surface area contributed by atoms with Gasteiger partial charge in [0.2, 0.25) is 10.0 Å². The first-order valence-corrected chi connectivity index (χ1v) is 10.9.